The smallest absolute Gasteiger partial charge is 0.251 e. The first kappa shape index (κ1) is 17.3. The predicted octanol–water partition coefficient (Wildman–Crippen LogP) is 4.68. The Morgan fingerprint density at radius 2 is 1.70 bits per heavy atom. The van der Waals surface area contributed by atoms with Crippen molar-refractivity contribution in [1.82, 2.24) is 5.32 Å². The second-order valence-corrected chi connectivity index (χ2v) is 7.15. The molecule has 1 aliphatic rings. The van der Waals surface area contributed by atoms with E-state index in [1.807, 2.05) is 31.2 Å². The Morgan fingerprint density at radius 1 is 0.926 bits per heavy atom. The average Bonchev–Trinajstić information content (AvgIpc) is 3.53. The number of benzene rings is 3. The second kappa shape index (κ2) is 7.23. The fraction of sp³-hybridized carbons (Fsp3) is 0.217. The molecule has 1 atom stereocenters. The van der Waals surface area contributed by atoms with Crippen molar-refractivity contribution in [3.63, 3.8) is 0 Å². The Hall–Kier alpha value is -3.14. The first-order valence-electron chi connectivity index (χ1n) is 9.30. The van der Waals surface area contributed by atoms with Gasteiger partial charge >= 0.3 is 0 Å². The molecule has 0 aromatic heterocycles. The van der Waals surface area contributed by atoms with Crippen LogP contribution in [0.1, 0.15) is 41.7 Å². The van der Waals surface area contributed by atoms with Crippen LogP contribution in [0, 0.1) is 5.92 Å². The van der Waals surface area contributed by atoms with Gasteiger partial charge in [-0.1, -0.05) is 42.5 Å². The number of fused-ring (bicyclic) bond motifs is 1. The molecule has 27 heavy (non-hydrogen) atoms. The average molecular weight is 358 g/mol. The Labute approximate surface area is 158 Å². The molecule has 1 fully saturated rings. The molecule has 2 amide bonds. The summed E-state index contributed by atoms with van der Waals surface area (Å²) in [6.45, 7) is 1.97. The van der Waals surface area contributed by atoms with Crippen molar-refractivity contribution in [3.8, 4) is 0 Å². The van der Waals surface area contributed by atoms with Gasteiger partial charge in [0, 0.05) is 17.2 Å². The van der Waals surface area contributed by atoms with Crippen molar-refractivity contribution < 1.29 is 9.59 Å². The van der Waals surface area contributed by atoms with E-state index in [1.165, 1.54) is 5.39 Å². The lowest BCUT2D eigenvalue weighted by atomic mass is 10.0. The van der Waals surface area contributed by atoms with Crippen LogP contribution in [-0.4, -0.2) is 11.8 Å². The second-order valence-electron chi connectivity index (χ2n) is 7.15. The molecule has 136 valence electrons. The topological polar surface area (TPSA) is 58.2 Å². The molecule has 2 N–H and O–H groups in total. The largest absolute Gasteiger partial charge is 0.346 e. The zero-order chi connectivity index (χ0) is 18.8. The van der Waals surface area contributed by atoms with E-state index in [0.717, 1.165) is 23.8 Å². The number of carbonyl (C=O) groups is 2. The van der Waals surface area contributed by atoms with Crippen molar-refractivity contribution in [2.24, 2.45) is 5.92 Å². The van der Waals surface area contributed by atoms with Gasteiger partial charge in [0.1, 0.15) is 0 Å². The predicted molar refractivity (Wildman–Crippen MR) is 108 cm³/mol. The summed E-state index contributed by atoms with van der Waals surface area (Å²) in [5.74, 6) is 0.0191. The van der Waals surface area contributed by atoms with Crippen LogP contribution in [0.3, 0.4) is 0 Å². The molecular formula is C23H22N2O2. The molecule has 0 aliphatic heterocycles. The van der Waals surface area contributed by atoms with Crippen LogP contribution in [0.5, 0.6) is 0 Å². The molecule has 4 nitrogen and oxygen atoms in total. The number of hydrogen-bond acceptors (Lipinski definition) is 2. The number of amides is 2. The van der Waals surface area contributed by atoms with Gasteiger partial charge in [-0.3, -0.25) is 9.59 Å². The zero-order valence-electron chi connectivity index (χ0n) is 15.2. The first-order chi connectivity index (χ1) is 13.1. The van der Waals surface area contributed by atoms with Gasteiger partial charge in [-0.2, -0.15) is 0 Å². The van der Waals surface area contributed by atoms with Gasteiger partial charge in [-0.25, -0.2) is 0 Å². The summed E-state index contributed by atoms with van der Waals surface area (Å²) in [6.07, 6.45) is 1.91. The van der Waals surface area contributed by atoms with E-state index in [0.29, 0.717) is 11.3 Å². The van der Waals surface area contributed by atoms with Crippen molar-refractivity contribution in [2.45, 2.75) is 25.8 Å². The SMILES string of the molecule is CC(NC(=O)c1cccc(NC(=O)C2CC2)c1)c1ccc2ccccc2c1. The lowest BCUT2D eigenvalue weighted by Gasteiger charge is -2.16. The number of anilines is 1. The normalized spacial score (nSPS) is 14.6. The van der Waals surface area contributed by atoms with Crippen molar-refractivity contribution in [3.05, 3.63) is 77.9 Å². The molecule has 0 heterocycles. The van der Waals surface area contributed by atoms with Crippen LogP contribution in [0.4, 0.5) is 5.69 Å². The van der Waals surface area contributed by atoms with Crippen LogP contribution in [0.15, 0.2) is 66.7 Å². The van der Waals surface area contributed by atoms with E-state index in [4.69, 9.17) is 0 Å². The van der Waals surface area contributed by atoms with E-state index < -0.39 is 0 Å². The molecule has 4 heteroatoms. The lowest BCUT2D eigenvalue weighted by Crippen LogP contribution is -2.26. The van der Waals surface area contributed by atoms with Gasteiger partial charge in [-0.05, 0) is 60.4 Å². The van der Waals surface area contributed by atoms with Crippen LogP contribution < -0.4 is 10.6 Å². The zero-order valence-corrected chi connectivity index (χ0v) is 15.2. The molecule has 1 saturated carbocycles. The van der Waals surface area contributed by atoms with E-state index in [-0.39, 0.29) is 23.8 Å². The number of nitrogens with one attached hydrogen (secondary N) is 2. The minimum atomic E-state index is -0.154. The molecule has 0 saturated heterocycles. The number of carbonyl (C=O) groups excluding carboxylic acids is 2. The Kier molecular flexibility index (Phi) is 4.63. The monoisotopic (exact) mass is 358 g/mol. The van der Waals surface area contributed by atoms with Crippen LogP contribution >= 0.6 is 0 Å². The van der Waals surface area contributed by atoms with Crippen LogP contribution in [0.2, 0.25) is 0 Å². The molecule has 4 rings (SSSR count). The highest BCUT2D eigenvalue weighted by Gasteiger charge is 2.29. The maximum absolute atomic E-state index is 12.7. The summed E-state index contributed by atoms with van der Waals surface area (Å²) in [6, 6.07) is 21.3. The number of hydrogen-bond donors (Lipinski definition) is 2. The molecular weight excluding hydrogens is 336 g/mol. The van der Waals surface area contributed by atoms with E-state index >= 15 is 0 Å². The maximum Gasteiger partial charge on any atom is 0.251 e. The third-order valence-corrected chi connectivity index (χ3v) is 4.96. The highest BCUT2D eigenvalue weighted by Crippen LogP contribution is 2.30. The van der Waals surface area contributed by atoms with Gasteiger partial charge in [0.2, 0.25) is 5.91 Å². The van der Waals surface area contributed by atoms with Gasteiger partial charge in [0.25, 0.3) is 5.91 Å². The van der Waals surface area contributed by atoms with Gasteiger partial charge in [0.15, 0.2) is 0 Å². The van der Waals surface area contributed by atoms with Crippen molar-refractivity contribution >= 4 is 28.3 Å². The Bertz CT molecular complexity index is 1010. The summed E-state index contributed by atoms with van der Waals surface area (Å²) in [5.41, 5.74) is 2.26. The summed E-state index contributed by atoms with van der Waals surface area (Å²) in [5, 5.41) is 8.26. The molecule has 1 unspecified atom stereocenters. The minimum absolute atomic E-state index is 0.0390. The van der Waals surface area contributed by atoms with Crippen LogP contribution in [-0.2, 0) is 4.79 Å². The summed E-state index contributed by atoms with van der Waals surface area (Å²) in [7, 11) is 0. The summed E-state index contributed by atoms with van der Waals surface area (Å²) in [4.78, 5) is 24.6. The fourth-order valence-electron chi connectivity index (χ4n) is 3.17. The molecule has 1 aliphatic carbocycles. The van der Waals surface area contributed by atoms with E-state index in [1.54, 1.807) is 18.2 Å². The summed E-state index contributed by atoms with van der Waals surface area (Å²) >= 11 is 0. The van der Waals surface area contributed by atoms with Gasteiger partial charge < -0.3 is 10.6 Å². The quantitative estimate of drug-likeness (QED) is 0.696. The first-order valence-corrected chi connectivity index (χ1v) is 9.30. The fourth-order valence-corrected chi connectivity index (χ4v) is 3.17. The lowest BCUT2D eigenvalue weighted by molar-refractivity contribution is -0.117. The highest BCUT2D eigenvalue weighted by molar-refractivity contribution is 5.98. The number of rotatable bonds is 5. The Morgan fingerprint density at radius 3 is 2.48 bits per heavy atom. The maximum atomic E-state index is 12.7. The van der Waals surface area contributed by atoms with Gasteiger partial charge in [0.05, 0.1) is 6.04 Å². The Balaban J connectivity index is 1.46. The molecule has 3 aromatic rings. The molecule has 3 aromatic carbocycles. The standard InChI is InChI=1S/C23H22N2O2/c1-15(18-12-9-16-5-2-3-6-19(16)13-18)24-23(27)20-7-4-8-21(14-20)25-22(26)17-10-11-17/h2-9,12-15,17H,10-11H2,1H3,(H,24,27)(H,25,26). The molecule has 0 bridgehead atoms. The summed E-state index contributed by atoms with van der Waals surface area (Å²) < 4.78 is 0. The van der Waals surface area contributed by atoms with E-state index in [2.05, 4.69) is 34.9 Å². The van der Waals surface area contributed by atoms with Crippen molar-refractivity contribution in [2.75, 3.05) is 5.32 Å². The van der Waals surface area contributed by atoms with Gasteiger partial charge in [-0.15, -0.1) is 0 Å². The van der Waals surface area contributed by atoms with Crippen LogP contribution in [0.25, 0.3) is 10.8 Å². The highest BCUT2D eigenvalue weighted by atomic mass is 16.2. The third kappa shape index (κ3) is 4.00. The van der Waals surface area contributed by atoms with E-state index in [9.17, 15) is 9.59 Å². The third-order valence-electron chi connectivity index (χ3n) is 4.96. The van der Waals surface area contributed by atoms with Crippen molar-refractivity contribution in [1.29, 1.82) is 0 Å². The molecule has 0 radical (unpaired) electrons. The minimum Gasteiger partial charge on any atom is -0.346 e. The molecule has 0 spiro atoms.